The van der Waals surface area contributed by atoms with E-state index in [2.05, 4.69) is 91.1 Å². The van der Waals surface area contributed by atoms with Crippen LogP contribution in [0.15, 0.2) is 40.4 Å². The smallest absolute Gasteiger partial charge is 0.193 e. The van der Waals surface area contributed by atoms with Crippen molar-refractivity contribution in [3.8, 4) is 0 Å². The number of fused-ring (bicyclic) bond motifs is 1. The minimum absolute atomic E-state index is 0.267. The Bertz CT molecular complexity index is 724. The molecule has 1 atom stereocenters. The molecular weight excluding hydrogens is 461 g/mol. The van der Waals surface area contributed by atoms with Gasteiger partial charge in [-0.3, -0.25) is 4.40 Å². The van der Waals surface area contributed by atoms with Gasteiger partial charge in [0.25, 0.3) is 0 Å². The van der Waals surface area contributed by atoms with Crippen molar-refractivity contribution in [1.29, 1.82) is 0 Å². The zero-order chi connectivity index (χ0) is 14.8. The highest BCUT2D eigenvalue weighted by atomic mass is 127. The highest BCUT2D eigenvalue weighted by molar-refractivity contribution is 14.1. The molecule has 110 valence electrons. The van der Waals surface area contributed by atoms with Crippen molar-refractivity contribution in [2.75, 3.05) is 6.54 Å². The summed E-state index contributed by atoms with van der Waals surface area (Å²) in [6, 6.07) is 6.73. The van der Waals surface area contributed by atoms with Gasteiger partial charge in [0.1, 0.15) is 0 Å². The van der Waals surface area contributed by atoms with E-state index in [1.54, 1.807) is 11.3 Å². The maximum absolute atomic E-state index is 4.70. The number of halogens is 2. The van der Waals surface area contributed by atoms with Crippen molar-refractivity contribution < 1.29 is 0 Å². The van der Waals surface area contributed by atoms with Gasteiger partial charge in [-0.25, -0.2) is 4.98 Å². The average Bonchev–Trinajstić information content (AvgIpc) is 3.02. The second-order valence-electron chi connectivity index (χ2n) is 4.81. The molecule has 0 radical (unpaired) electrons. The zero-order valence-electron chi connectivity index (χ0n) is 11.5. The zero-order valence-corrected chi connectivity index (χ0v) is 16.1. The van der Waals surface area contributed by atoms with Crippen LogP contribution < -0.4 is 5.32 Å². The second-order valence-corrected chi connectivity index (χ2v) is 7.78. The first kappa shape index (κ1) is 15.5. The number of hydrogen-bond donors (Lipinski definition) is 1. The highest BCUT2D eigenvalue weighted by Crippen LogP contribution is 2.28. The highest BCUT2D eigenvalue weighted by Gasteiger charge is 2.16. The van der Waals surface area contributed by atoms with Gasteiger partial charge in [-0.1, -0.05) is 22.9 Å². The lowest BCUT2D eigenvalue weighted by Crippen LogP contribution is -2.23. The van der Waals surface area contributed by atoms with Crippen LogP contribution in [0.3, 0.4) is 0 Å². The van der Waals surface area contributed by atoms with Crippen molar-refractivity contribution >= 4 is 54.8 Å². The average molecular weight is 476 g/mol. The second kappa shape index (κ2) is 6.76. The molecule has 0 aliphatic heterocycles. The van der Waals surface area contributed by atoms with E-state index in [1.807, 2.05) is 0 Å². The molecule has 3 aromatic rings. The standard InChI is InChI=1S/C15H15BrIN3S/c1-2-18-14(12-7-10(17)3-4-13(12)16)8-11-9-20-5-6-21-15(20)19-11/h3-7,9,14,18H,2,8H2,1H3. The molecule has 1 unspecified atom stereocenters. The predicted molar refractivity (Wildman–Crippen MR) is 100 cm³/mol. The van der Waals surface area contributed by atoms with Crippen molar-refractivity contribution in [3.63, 3.8) is 0 Å². The molecule has 0 aliphatic rings. The fraction of sp³-hybridized carbons (Fsp3) is 0.267. The first-order valence-corrected chi connectivity index (χ1v) is 9.52. The molecule has 0 fully saturated rings. The lowest BCUT2D eigenvalue weighted by molar-refractivity contribution is 0.543. The van der Waals surface area contributed by atoms with Crippen molar-refractivity contribution in [3.05, 3.63) is 55.3 Å². The molecule has 0 aliphatic carbocycles. The summed E-state index contributed by atoms with van der Waals surface area (Å²) in [7, 11) is 0. The number of benzene rings is 1. The van der Waals surface area contributed by atoms with Gasteiger partial charge in [-0.15, -0.1) is 11.3 Å². The van der Waals surface area contributed by atoms with Crippen molar-refractivity contribution in [2.24, 2.45) is 0 Å². The van der Waals surface area contributed by atoms with Crippen LogP contribution in [0.2, 0.25) is 0 Å². The van der Waals surface area contributed by atoms with Crippen LogP contribution in [-0.2, 0) is 6.42 Å². The van der Waals surface area contributed by atoms with Crippen LogP contribution in [0.1, 0.15) is 24.2 Å². The summed E-state index contributed by atoms with van der Waals surface area (Å²) in [5.74, 6) is 0. The monoisotopic (exact) mass is 475 g/mol. The van der Waals surface area contributed by atoms with E-state index >= 15 is 0 Å². The molecule has 1 aromatic carbocycles. The van der Waals surface area contributed by atoms with Gasteiger partial charge in [0.05, 0.1) is 5.69 Å². The number of nitrogens with one attached hydrogen (secondary N) is 1. The first-order chi connectivity index (χ1) is 10.2. The molecule has 0 spiro atoms. The number of thiazole rings is 1. The normalized spacial score (nSPS) is 12.9. The number of aromatic nitrogens is 2. The largest absolute Gasteiger partial charge is 0.310 e. The summed E-state index contributed by atoms with van der Waals surface area (Å²) >= 11 is 7.70. The number of hydrogen-bond acceptors (Lipinski definition) is 3. The Labute approximate surface area is 150 Å². The van der Waals surface area contributed by atoms with E-state index in [0.29, 0.717) is 0 Å². The van der Waals surface area contributed by atoms with E-state index in [9.17, 15) is 0 Å². The number of likely N-dealkylation sites (N-methyl/N-ethyl adjacent to an activating group) is 1. The van der Waals surface area contributed by atoms with Gasteiger partial charge < -0.3 is 5.32 Å². The van der Waals surface area contributed by atoms with E-state index in [0.717, 1.165) is 28.1 Å². The number of imidazole rings is 1. The van der Waals surface area contributed by atoms with Crippen molar-refractivity contribution in [2.45, 2.75) is 19.4 Å². The van der Waals surface area contributed by atoms with E-state index < -0.39 is 0 Å². The van der Waals surface area contributed by atoms with E-state index in [1.165, 1.54) is 9.13 Å². The van der Waals surface area contributed by atoms with Crippen molar-refractivity contribution in [1.82, 2.24) is 14.7 Å². The molecular formula is C15H15BrIN3S. The van der Waals surface area contributed by atoms with E-state index in [4.69, 9.17) is 4.98 Å². The molecule has 2 heterocycles. The van der Waals surface area contributed by atoms with Crippen LogP contribution in [0, 0.1) is 3.57 Å². The summed E-state index contributed by atoms with van der Waals surface area (Å²) in [4.78, 5) is 5.75. The Morgan fingerprint density at radius 3 is 3.10 bits per heavy atom. The quantitative estimate of drug-likeness (QED) is 0.544. The van der Waals surface area contributed by atoms with Crippen LogP contribution in [-0.4, -0.2) is 15.9 Å². The van der Waals surface area contributed by atoms with Gasteiger partial charge >= 0.3 is 0 Å². The summed E-state index contributed by atoms with van der Waals surface area (Å²) in [5.41, 5.74) is 2.42. The third kappa shape index (κ3) is 3.49. The molecule has 0 bridgehead atoms. The van der Waals surface area contributed by atoms with Gasteiger partial charge in [0.2, 0.25) is 0 Å². The molecule has 6 heteroatoms. The summed E-state index contributed by atoms with van der Waals surface area (Å²) in [5, 5.41) is 5.63. The predicted octanol–water partition coefficient (Wildman–Crippen LogP) is 4.66. The van der Waals surface area contributed by atoms with E-state index in [-0.39, 0.29) is 6.04 Å². The van der Waals surface area contributed by atoms with Gasteiger partial charge in [-0.2, -0.15) is 0 Å². The van der Waals surface area contributed by atoms with Crippen LogP contribution in [0.5, 0.6) is 0 Å². The minimum atomic E-state index is 0.267. The van der Waals surface area contributed by atoms with Crippen LogP contribution in [0.4, 0.5) is 0 Å². The Kier molecular flexibility index (Phi) is 4.98. The Balaban J connectivity index is 1.90. The molecule has 21 heavy (non-hydrogen) atoms. The lowest BCUT2D eigenvalue weighted by atomic mass is 10.0. The van der Waals surface area contributed by atoms with Crippen LogP contribution >= 0.6 is 49.9 Å². The topological polar surface area (TPSA) is 29.3 Å². The molecule has 0 saturated carbocycles. The number of rotatable bonds is 5. The Morgan fingerprint density at radius 1 is 1.48 bits per heavy atom. The summed E-state index contributed by atoms with van der Waals surface area (Å²) < 4.78 is 4.49. The fourth-order valence-corrected chi connectivity index (χ4v) is 4.16. The van der Waals surface area contributed by atoms with Gasteiger partial charge in [0, 0.05) is 38.3 Å². The minimum Gasteiger partial charge on any atom is -0.310 e. The maximum Gasteiger partial charge on any atom is 0.193 e. The third-order valence-electron chi connectivity index (χ3n) is 3.34. The first-order valence-electron chi connectivity index (χ1n) is 6.76. The lowest BCUT2D eigenvalue weighted by Gasteiger charge is -2.19. The van der Waals surface area contributed by atoms with Crippen LogP contribution in [0.25, 0.3) is 4.96 Å². The third-order valence-corrected chi connectivity index (χ3v) is 5.50. The molecule has 0 saturated heterocycles. The molecule has 0 amide bonds. The molecule has 3 nitrogen and oxygen atoms in total. The molecule has 3 rings (SSSR count). The maximum atomic E-state index is 4.70. The Hall–Kier alpha value is -0.440. The summed E-state index contributed by atoms with van der Waals surface area (Å²) in [6.07, 6.45) is 5.07. The molecule has 2 aromatic heterocycles. The summed E-state index contributed by atoms with van der Waals surface area (Å²) in [6.45, 7) is 3.07. The molecule has 1 N–H and O–H groups in total. The number of nitrogens with zero attached hydrogens (tertiary/aromatic N) is 2. The Morgan fingerprint density at radius 2 is 2.33 bits per heavy atom. The SMILES string of the molecule is CCNC(Cc1cn2ccsc2n1)c1cc(I)ccc1Br. The van der Waals surface area contributed by atoms with Gasteiger partial charge in [0.15, 0.2) is 4.96 Å². The fourth-order valence-electron chi connectivity index (χ4n) is 2.40. The van der Waals surface area contributed by atoms with Gasteiger partial charge in [-0.05, 0) is 52.9 Å².